The van der Waals surface area contributed by atoms with Gasteiger partial charge in [-0.25, -0.2) is 0 Å². The van der Waals surface area contributed by atoms with Gasteiger partial charge in [-0.05, 0) is 42.0 Å². The summed E-state index contributed by atoms with van der Waals surface area (Å²) in [4.78, 5) is 0. The highest BCUT2D eigenvalue weighted by Crippen LogP contribution is 2.18. The van der Waals surface area contributed by atoms with E-state index in [-0.39, 0.29) is 5.75 Å². The number of ether oxygens (including phenoxy) is 2. The molecule has 0 saturated heterocycles. The van der Waals surface area contributed by atoms with Crippen LogP contribution in [0.25, 0.3) is 0 Å². The molecule has 0 aliphatic rings. The number of methoxy groups -OCH3 is 1. The van der Waals surface area contributed by atoms with Gasteiger partial charge in [0.2, 0.25) is 0 Å². The predicted molar refractivity (Wildman–Crippen MR) is 96.2 cm³/mol. The maximum Gasteiger partial charge on any atom is 0.387 e. The topological polar surface area (TPSA) is 54.9 Å². The van der Waals surface area contributed by atoms with Crippen LogP contribution in [0.15, 0.2) is 53.6 Å². The molecule has 2 N–H and O–H groups in total. The molecule has 0 amide bonds. The van der Waals surface area contributed by atoms with Gasteiger partial charge in [-0.15, -0.1) is 0 Å². The van der Waals surface area contributed by atoms with Crippen LogP contribution in [0, 0.1) is 0 Å². The minimum atomic E-state index is -2.89. The minimum Gasteiger partial charge on any atom is -0.497 e. The van der Waals surface area contributed by atoms with E-state index in [4.69, 9.17) is 17.0 Å². The Balaban J connectivity index is 1.84. The molecule has 0 heterocycles. The van der Waals surface area contributed by atoms with Crippen LogP contribution in [0.2, 0.25) is 0 Å². The van der Waals surface area contributed by atoms with Crippen LogP contribution >= 0.6 is 12.2 Å². The molecular formula is C17H17F2N3O2S. The summed E-state index contributed by atoms with van der Waals surface area (Å²) < 4.78 is 34.2. The van der Waals surface area contributed by atoms with E-state index in [0.717, 1.165) is 11.3 Å². The molecule has 0 unspecified atom stereocenters. The first-order valence-electron chi connectivity index (χ1n) is 7.32. The second-order valence-corrected chi connectivity index (χ2v) is 5.23. The molecule has 2 rings (SSSR count). The van der Waals surface area contributed by atoms with Crippen molar-refractivity contribution in [1.82, 2.24) is 10.7 Å². The number of nitrogens with one attached hydrogen (secondary N) is 2. The van der Waals surface area contributed by atoms with Crippen molar-refractivity contribution in [2.45, 2.75) is 13.2 Å². The summed E-state index contributed by atoms with van der Waals surface area (Å²) >= 11 is 5.11. The zero-order valence-corrected chi connectivity index (χ0v) is 14.2. The molecular weight excluding hydrogens is 348 g/mol. The van der Waals surface area contributed by atoms with Crippen LogP contribution in [0.5, 0.6) is 11.5 Å². The van der Waals surface area contributed by atoms with Crippen LogP contribution in [-0.4, -0.2) is 25.0 Å². The number of hydrogen-bond donors (Lipinski definition) is 2. The van der Waals surface area contributed by atoms with Crippen LogP contribution in [0.3, 0.4) is 0 Å². The molecule has 0 atom stereocenters. The lowest BCUT2D eigenvalue weighted by Gasteiger charge is -2.09. The largest absolute Gasteiger partial charge is 0.497 e. The van der Waals surface area contributed by atoms with Gasteiger partial charge in [0.15, 0.2) is 5.11 Å². The van der Waals surface area contributed by atoms with Gasteiger partial charge in [0, 0.05) is 12.1 Å². The van der Waals surface area contributed by atoms with Gasteiger partial charge in [0.1, 0.15) is 11.5 Å². The smallest absolute Gasteiger partial charge is 0.387 e. The van der Waals surface area contributed by atoms with Gasteiger partial charge < -0.3 is 14.8 Å². The van der Waals surface area contributed by atoms with E-state index in [1.807, 2.05) is 24.3 Å². The average Bonchev–Trinajstić information content (AvgIpc) is 2.61. The van der Waals surface area contributed by atoms with Gasteiger partial charge in [-0.2, -0.15) is 13.9 Å². The summed E-state index contributed by atoms with van der Waals surface area (Å²) in [6, 6.07) is 13.9. The second-order valence-electron chi connectivity index (χ2n) is 4.82. The number of para-hydroxylation sites is 1. The summed E-state index contributed by atoms with van der Waals surface area (Å²) in [5.74, 6) is 0.818. The Morgan fingerprint density at radius 3 is 2.60 bits per heavy atom. The first-order chi connectivity index (χ1) is 12.1. The van der Waals surface area contributed by atoms with E-state index < -0.39 is 6.61 Å². The summed E-state index contributed by atoms with van der Waals surface area (Å²) in [7, 11) is 1.61. The molecule has 132 valence electrons. The van der Waals surface area contributed by atoms with Crippen LogP contribution in [-0.2, 0) is 6.54 Å². The van der Waals surface area contributed by atoms with Crippen molar-refractivity contribution < 1.29 is 18.3 Å². The first kappa shape index (κ1) is 18.6. The predicted octanol–water partition coefficient (Wildman–Crippen LogP) is 3.29. The maximum atomic E-state index is 12.3. The molecule has 5 nitrogen and oxygen atoms in total. The molecule has 2 aromatic rings. The van der Waals surface area contributed by atoms with E-state index >= 15 is 0 Å². The number of alkyl halides is 2. The number of hydrogen-bond acceptors (Lipinski definition) is 4. The lowest BCUT2D eigenvalue weighted by molar-refractivity contribution is -0.0499. The summed E-state index contributed by atoms with van der Waals surface area (Å²) in [6.45, 7) is -2.38. The van der Waals surface area contributed by atoms with Crippen molar-refractivity contribution >= 4 is 23.5 Å². The number of rotatable bonds is 7. The fraction of sp³-hybridized carbons (Fsp3) is 0.176. The zero-order valence-electron chi connectivity index (χ0n) is 13.4. The summed E-state index contributed by atoms with van der Waals surface area (Å²) in [5.41, 5.74) is 4.06. The number of hydrazone groups is 1. The third-order valence-corrected chi connectivity index (χ3v) is 3.35. The van der Waals surface area contributed by atoms with Crippen molar-refractivity contribution in [1.29, 1.82) is 0 Å². The Hall–Kier alpha value is -2.74. The first-order valence-corrected chi connectivity index (χ1v) is 7.73. The molecule has 8 heteroatoms. The molecule has 0 fully saturated rings. The Labute approximate surface area is 149 Å². The van der Waals surface area contributed by atoms with E-state index in [1.165, 1.54) is 12.3 Å². The van der Waals surface area contributed by atoms with E-state index in [0.29, 0.717) is 17.2 Å². The zero-order chi connectivity index (χ0) is 18.1. The molecule has 0 saturated carbocycles. The maximum absolute atomic E-state index is 12.3. The highest BCUT2D eigenvalue weighted by atomic mass is 32.1. The third-order valence-electron chi connectivity index (χ3n) is 3.12. The van der Waals surface area contributed by atoms with Crippen LogP contribution < -0.4 is 20.2 Å². The van der Waals surface area contributed by atoms with Crippen molar-refractivity contribution in [3.63, 3.8) is 0 Å². The van der Waals surface area contributed by atoms with Gasteiger partial charge in [0.25, 0.3) is 0 Å². The number of thiocarbonyl (C=S) groups is 1. The molecule has 0 aromatic heterocycles. The summed E-state index contributed by atoms with van der Waals surface area (Å²) in [5, 5.41) is 7.21. The van der Waals surface area contributed by atoms with Gasteiger partial charge in [0.05, 0.1) is 13.3 Å². The fourth-order valence-corrected chi connectivity index (χ4v) is 2.04. The molecule has 2 aromatic carbocycles. The van der Waals surface area contributed by atoms with Crippen LogP contribution in [0.4, 0.5) is 8.78 Å². The fourth-order valence-electron chi connectivity index (χ4n) is 1.92. The standard InChI is InChI=1S/C17H17F2N3O2S/c1-23-14-8-6-12(7-9-14)10-20-17(25)22-21-11-13-4-2-3-5-15(13)24-16(18)19/h2-9,11,16H,10H2,1H3,(H2,20,22,25)/b21-11-. The quantitative estimate of drug-likeness (QED) is 0.448. The van der Waals surface area contributed by atoms with Crippen molar-refractivity contribution in [2.75, 3.05) is 7.11 Å². The van der Waals surface area contributed by atoms with Crippen molar-refractivity contribution in [3.8, 4) is 11.5 Å². The lowest BCUT2D eigenvalue weighted by Crippen LogP contribution is -2.31. The molecule has 0 radical (unpaired) electrons. The Morgan fingerprint density at radius 2 is 1.92 bits per heavy atom. The SMILES string of the molecule is COc1ccc(CNC(=S)N/N=C\c2ccccc2OC(F)F)cc1. The highest BCUT2D eigenvalue weighted by Gasteiger charge is 2.07. The Kier molecular flexibility index (Phi) is 7.09. The molecule has 0 aliphatic carbocycles. The molecule has 0 bridgehead atoms. The second kappa shape index (κ2) is 9.53. The van der Waals surface area contributed by atoms with Crippen molar-refractivity contribution in [2.24, 2.45) is 5.10 Å². The van der Waals surface area contributed by atoms with E-state index in [9.17, 15) is 8.78 Å². The number of benzene rings is 2. The highest BCUT2D eigenvalue weighted by molar-refractivity contribution is 7.80. The van der Waals surface area contributed by atoms with Gasteiger partial charge >= 0.3 is 6.61 Å². The monoisotopic (exact) mass is 365 g/mol. The van der Waals surface area contributed by atoms with Gasteiger partial charge in [-0.1, -0.05) is 24.3 Å². The lowest BCUT2D eigenvalue weighted by atomic mass is 10.2. The number of halogens is 2. The average molecular weight is 365 g/mol. The summed E-state index contributed by atoms with van der Waals surface area (Å²) in [6.07, 6.45) is 1.36. The van der Waals surface area contributed by atoms with Gasteiger partial charge in [-0.3, -0.25) is 5.43 Å². The molecule has 0 aliphatic heterocycles. The van der Waals surface area contributed by atoms with E-state index in [2.05, 4.69) is 20.6 Å². The van der Waals surface area contributed by atoms with Crippen LogP contribution in [0.1, 0.15) is 11.1 Å². The van der Waals surface area contributed by atoms with Crippen molar-refractivity contribution in [3.05, 3.63) is 59.7 Å². The molecule has 0 spiro atoms. The minimum absolute atomic E-state index is 0.0418. The Morgan fingerprint density at radius 1 is 1.20 bits per heavy atom. The normalized spacial score (nSPS) is 10.7. The Bertz CT molecular complexity index is 724. The molecule has 25 heavy (non-hydrogen) atoms. The number of nitrogens with zero attached hydrogens (tertiary/aromatic N) is 1. The van der Waals surface area contributed by atoms with E-state index in [1.54, 1.807) is 25.3 Å². The third kappa shape index (κ3) is 6.34.